The summed E-state index contributed by atoms with van der Waals surface area (Å²) < 4.78 is 26.0. The highest BCUT2D eigenvalue weighted by Crippen LogP contribution is 2.15. The summed E-state index contributed by atoms with van der Waals surface area (Å²) in [5.41, 5.74) is 1.80. The highest BCUT2D eigenvalue weighted by Gasteiger charge is 2.10. The fraction of sp³-hybridized carbons (Fsp3) is 0.182. The Hall–Kier alpha value is -1.70. The van der Waals surface area contributed by atoms with Crippen molar-refractivity contribution in [3.05, 3.63) is 48.5 Å². The van der Waals surface area contributed by atoms with Crippen LogP contribution in [0.5, 0.6) is 0 Å². The minimum Gasteiger partial charge on any atom is -0.306 e. The van der Waals surface area contributed by atoms with Crippen LogP contribution in [0.2, 0.25) is 0 Å². The van der Waals surface area contributed by atoms with E-state index < -0.39 is 10.2 Å². The molecule has 3 N–H and O–H groups in total. The maximum atomic E-state index is 10.9. The molecule has 0 unspecified atom stereocenters. The fourth-order valence-electron chi connectivity index (χ4n) is 1.66. The third-order valence-corrected chi connectivity index (χ3v) is 3.22. The van der Waals surface area contributed by atoms with E-state index in [1.807, 2.05) is 35.0 Å². The minimum absolute atomic E-state index is 0.364. The van der Waals surface area contributed by atoms with Gasteiger partial charge in [0.15, 0.2) is 0 Å². The first-order valence-corrected chi connectivity index (χ1v) is 6.89. The summed E-state index contributed by atoms with van der Waals surface area (Å²) in [6.45, 7) is 1.73. The standard InChI is InChI=1S/C11H14N4O2S/c1-9(14-18(12,16)17)10-2-4-11(5-3-10)15-7-6-13-8-15/h2-9,14H,1H3,(H2,12,16,17)/t9-/m1/s1. The Morgan fingerprint density at radius 3 is 2.50 bits per heavy atom. The molecule has 0 saturated heterocycles. The molecule has 0 spiro atoms. The lowest BCUT2D eigenvalue weighted by molar-refractivity contribution is 0.568. The first-order chi connectivity index (χ1) is 8.46. The van der Waals surface area contributed by atoms with Crippen LogP contribution in [0.3, 0.4) is 0 Å². The first-order valence-electron chi connectivity index (χ1n) is 5.34. The SMILES string of the molecule is C[C@@H](NS(N)(=O)=O)c1ccc(-n2ccnc2)cc1. The van der Waals surface area contributed by atoms with E-state index in [4.69, 9.17) is 5.14 Å². The van der Waals surface area contributed by atoms with Gasteiger partial charge in [-0.3, -0.25) is 0 Å². The van der Waals surface area contributed by atoms with Crippen molar-refractivity contribution < 1.29 is 8.42 Å². The van der Waals surface area contributed by atoms with Gasteiger partial charge in [-0.05, 0) is 24.6 Å². The van der Waals surface area contributed by atoms with Gasteiger partial charge < -0.3 is 4.57 Å². The van der Waals surface area contributed by atoms with Crippen molar-refractivity contribution in [1.82, 2.24) is 14.3 Å². The molecule has 1 atom stereocenters. The molecule has 0 aliphatic heterocycles. The number of aromatic nitrogens is 2. The van der Waals surface area contributed by atoms with Crippen LogP contribution < -0.4 is 9.86 Å². The Kier molecular flexibility index (Phi) is 3.46. The summed E-state index contributed by atoms with van der Waals surface area (Å²) in [7, 11) is -3.69. The van der Waals surface area contributed by atoms with Gasteiger partial charge >= 0.3 is 0 Å². The quantitative estimate of drug-likeness (QED) is 0.854. The summed E-state index contributed by atoms with van der Waals surface area (Å²) in [5.74, 6) is 0. The van der Waals surface area contributed by atoms with E-state index in [2.05, 4.69) is 9.71 Å². The van der Waals surface area contributed by atoms with Crippen molar-refractivity contribution in [2.24, 2.45) is 5.14 Å². The highest BCUT2D eigenvalue weighted by atomic mass is 32.2. The molecule has 0 aliphatic rings. The van der Waals surface area contributed by atoms with E-state index in [9.17, 15) is 8.42 Å². The van der Waals surface area contributed by atoms with E-state index in [0.717, 1.165) is 11.3 Å². The molecular formula is C11H14N4O2S. The molecule has 0 bridgehead atoms. The molecular weight excluding hydrogens is 252 g/mol. The van der Waals surface area contributed by atoms with Gasteiger partial charge in [-0.1, -0.05) is 12.1 Å². The largest absolute Gasteiger partial charge is 0.306 e. The Labute approximate surface area is 106 Å². The van der Waals surface area contributed by atoms with Gasteiger partial charge in [0.05, 0.1) is 6.33 Å². The highest BCUT2D eigenvalue weighted by molar-refractivity contribution is 7.87. The Balaban J connectivity index is 2.18. The molecule has 0 amide bonds. The zero-order valence-corrected chi connectivity index (χ0v) is 10.6. The van der Waals surface area contributed by atoms with Gasteiger partial charge in [0.2, 0.25) is 0 Å². The van der Waals surface area contributed by atoms with Gasteiger partial charge in [-0.15, -0.1) is 0 Å². The minimum atomic E-state index is -3.69. The molecule has 1 aromatic heterocycles. The van der Waals surface area contributed by atoms with Crippen LogP contribution in [0.15, 0.2) is 43.0 Å². The van der Waals surface area contributed by atoms with Crippen LogP contribution in [0, 0.1) is 0 Å². The number of hydrogen-bond acceptors (Lipinski definition) is 3. The number of rotatable bonds is 4. The average molecular weight is 266 g/mol. The molecule has 96 valence electrons. The third kappa shape index (κ3) is 3.16. The molecule has 0 radical (unpaired) electrons. The van der Waals surface area contributed by atoms with E-state index in [-0.39, 0.29) is 6.04 Å². The monoisotopic (exact) mass is 266 g/mol. The number of nitrogens with two attached hydrogens (primary N) is 1. The lowest BCUT2D eigenvalue weighted by Gasteiger charge is -2.12. The van der Waals surface area contributed by atoms with Gasteiger partial charge in [0.1, 0.15) is 0 Å². The van der Waals surface area contributed by atoms with Crippen molar-refractivity contribution in [2.45, 2.75) is 13.0 Å². The number of nitrogens with zero attached hydrogens (tertiary/aromatic N) is 2. The van der Waals surface area contributed by atoms with E-state index in [1.165, 1.54) is 0 Å². The summed E-state index contributed by atoms with van der Waals surface area (Å²) in [4.78, 5) is 3.96. The molecule has 0 fully saturated rings. The lowest BCUT2D eigenvalue weighted by Crippen LogP contribution is -2.32. The third-order valence-electron chi connectivity index (χ3n) is 2.54. The normalized spacial score (nSPS) is 13.4. The molecule has 0 saturated carbocycles. The summed E-state index contributed by atoms with van der Waals surface area (Å²) in [6, 6.07) is 7.10. The number of nitrogens with one attached hydrogen (secondary N) is 1. The van der Waals surface area contributed by atoms with Crippen molar-refractivity contribution in [2.75, 3.05) is 0 Å². The molecule has 2 aromatic rings. The zero-order chi connectivity index (χ0) is 13.2. The Morgan fingerprint density at radius 1 is 1.33 bits per heavy atom. The second kappa shape index (κ2) is 4.89. The summed E-state index contributed by atoms with van der Waals surface area (Å²) in [6.07, 6.45) is 5.22. The van der Waals surface area contributed by atoms with Crippen molar-refractivity contribution in [3.8, 4) is 5.69 Å². The van der Waals surface area contributed by atoms with Gasteiger partial charge in [-0.2, -0.15) is 13.1 Å². The molecule has 0 aliphatic carbocycles. The Morgan fingerprint density at radius 2 is 2.00 bits per heavy atom. The van der Waals surface area contributed by atoms with Gasteiger partial charge in [0.25, 0.3) is 10.2 Å². The summed E-state index contributed by atoms with van der Waals surface area (Å²) >= 11 is 0. The van der Waals surface area contributed by atoms with Crippen LogP contribution in [0.25, 0.3) is 5.69 Å². The predicted molar refractivity (Wildman–Crippen MR) is 68.2 cm³/mol. The van der Waals surface area contributed by atoms with Crippen LogP contribution >= 0.6 is 0 Å². The molecule has 7 heteroatoms. The Bertz CT molecular complexity index is 605. The smallest absolute Gasteiger partial charge is 0.274 e. The topological polar surface area (TPSA) is 90.0 Å². The van der Waals surface area contributed by atoms with Crippen LogP contribution in [0.1, 0.15) is 18.5 Å². The van der Waals surface area contributed by atoms with E-state index >= 15 is 0 Å². The fourth-order valence-corrected chi connectivity index (χ4v) is 2.29. The average Bonchev–Trinajstić information content (AvgIpc) is 2.80. The van der Waals surface area contributed by atoms with Crippen LogP contribution in [-0.4, -0.2) is 18.0 Å². The maximum Gasteiger partial charge on any atom is 0.274 e. The maximum absolute atomic E-state index is 10.9. The number of imidazole rings is 1. The lowest BCUT2D eigenvalue weighted by atomic mass is 10.1. The van der Waals surface area contributed by atoms with Crippen molar-refractivity contribution >= 4 is 10.2 Å². The van der Waals surface area contributed by atoms with Crippen molar-refractivity contribution in [3.63, 3.8) is 0 Å². The summed E-state index contributed by atoms with van der Waals surface area (Å²) in [5, 5.41) is 4.93. The molecule has 1 aromatic carbocycles. The van der Waals surface area contributed by atoms with Crippen LogP contribution in [-0.2, 0) is 10.2 Å². The molecule has 2 rings (SSSR count). The van der Waals surface area contributed by atoms with Crippen molar-refractivity contribution in [1.29, 1.82) is 0 Å². The predicted octanol–water partition coefficient (Wildman–Crippen LogP) is 0.726. The number of benzene rings is 1. The molecule has 6 nitrogen and oxygen atoms in total. The second-order valence-corrected chi connectivity index (χ2v) is 5.27. The van der Waals surface area contributed by atoms with Gasteiger partial charge in [0, 0.05) is 24.1 Å². The second-order valence-electron chi connectivity index (χ2n) is 3.95. The zero-order valence-electron chi connectivity index (χ0n) is 9.82. The molecule has 1 heterocycles. The molecule has 18 heavy (non-hydrogen) atoms. The first kappa shape index (κ1) is 12.7. The van der Waals surface area contributed by atoms with E-state index in [0.29, 0.717) is 0 Å². The van der Waals surface area contributed by atoms with Crippen LogP contribution in [0.4, 0.5) is 0 Å². The number of hydrogen-bond donors (Lipinski definition) is 2. The van der Waals surface area contributed by atoms with E-state index in [1.54, 1.807) is 19.4 Å². The van der Waals surface area contributed by atoms with Gasteiger partial charge in [-0.25, -0.2) is 10.1 Å².